The van der Waals surface area contributed by atoms with Gasteiger partial charge in [0.15, 0.2) is 0 Å². The van der Waals surface area contributed by atoms with Crippen molar-refractivity contribution in [2.24, 2.45) is 11.7 Å². The number of amides is 1. The van der Waals surface area contributed by atoms with Gasteiger partial charge in [0.2, 0.25) is 5.91 Å². The zero-order valence-electron chi connectivity index (χ0n) is 10.6. The number of methoxy groups -OCH3 is 1. The Balaban J connectivity index is 2.62. The smallest absolute Gasteiger partial charge is 0.225 e. The van der Waals surface area contributed by atoms with Crippen LogP contribution < -0.4 is 5.73 Å². The van der Waals surface area contributed by atoms with Crippen LogP contribution in [0.15, 0.2) is 0 Å². The van der Waals surface area contributed by atoms with Gasteiger partial charge < -0.3 is 15.4 Å². The van der Waals surface area contributed by atoms with Crippen LogP contribution in [0, 0.1) is 5.92 Å². The summed E-state index contributed by atoms with van der Waals surface area (Å²) in [6.45, 7) is 5.34. The average molecular weight is 228 g/mol. The Kier molecular flexibility index (Phi) is 5.22. The second-order valence-electron chi connectivity index (χ2n) is 4.61. The Morgan fingerprint density at radius 1 is 1.62 bits per heavy atom. The summed E-state index contributed by atoms with van der Waals surface area (Å²) in [6.07, 6.45) is 2.94. The van der Waals surface area contributed by atoms with Crippen LogP contribution in [-0.2, 0) is 9.53 Å². The van der Waals surface area contributed by atoms with Crippen molar-refractivity contribution in [1.82, 2.24) is 4.90 Å². The van der Waals surface area contributed by atoms with Gasteiger partial charge in [-0.2, -0.15) is 0 Å². The van der Waals surface area contributed by atoms with Crippen LogP contribution in [0.4, 0.5) is 0 Å². The summed E-state index contributed by atoms with van der Waals surface area (Å²) >= 11 is 0. The molecule has 1 saturated heterocycles. The number of hydrogen-bond acceptors (Lipinski definition) is 3. The van der Waals surface area contributed by atoms with E-state index in [1.807, 2.05) is 18.7 Å². The van der Waals surface area contributed by atoms with Crippen LogP contribution in [0.2, 0.25) is 0 Å². The molecule has 2 N–H and O–H groups in total. The van der Waals surface area contributed by atoms with Gasteiger partial charge in [0.25, 0.3) is 0 Å². The lowest BCUT2D eigenvalue weighted by Gasteiger charge is -2.39. The fourth-order valence-corrected chi connectivity index (χ4v) is 2.20. The molecule has 4 nitrogen and oxygen atoms in total. The van der Waals surface area contributed by atoms with Crippen molar-refractivity contribution < 1.29 is 9.53 Å². The van der Waals surface area contributed by atoms with Gasteiger partial charge in [0, 0.05) is 32.2 Å². The lowest BCUT2D eigenvalue weighted by atomic mass is 9.96. The summed E-state index contributed by atoms with van der Waals surface area (Å²) in [5.74, 6) is 0.348. The Hall–Kier alpha value is -0.610. The largest absolute Gasteiger partial charge is 0.381 e. The predicted octanol–water partition coefficient (Wildman–Crippen LogP) is 0.997. The number of hydrogen-bond donors (Lipinski definition) is 1. The first-order valence-corrected chi connectivity index (χ1v) is 6.17. The zero-order chi connectivity index (χ0) is 12.1. The number of rotatable bonds is 4. The van der Waals surface area contributed by atoms with Crippen molar-refractivity contribution in [3.8, 4) is 0 Å². The van der Waals surface area contributed by atoms with E-state index in [1.54, 1.807) is 7.11 Å². The van der Waals surface area contributed by atoms with Gasteiger partial charge in [-0.15, -0.1) is 0 Å². The van der Waals surface area contributed by atoms with Crippen molar-refractivity contribution in [2.45, 2.75) is 45.3 Å². The van der Waals surface area contributed by atoms with Crippen LogP contribution in [0.3, 0.4) is 0 Å². The molecule has 1 amide bonds. The Bertz CT molecular complexity index is 233. The second kappa shape index (κ2) is 6.21. The molecule has 0 aliphatic carbocycles. The molecule has 3 atom stereocenters. The topological polar surface area (TPSA) is 55.6 Å². The highest BCUT2D eigenvalue weighted by Crippen LogP contribution is 2.21. The Labute approximate surface area is 98.1 Å². The third-order valence-corrected chi connectivity index (χ3v) is 3.59. The van der Waals surface area contributed by atoms with E-state index in [1.165, 1.54) is 0 Å². The summed E-state index contributed by atoms with van der Waals surface area (Å²) in [4.78, 5) is 14.1. The zero-order valence-corrected chi connectivity index (χ0v) is 10.6. The average Bonchev–Trinajstić information content (AvgIpc) is 2.35. The molecule has 0 bridgehead atoms. The molecule has 1 aliphatic rings. The summed E-state index contributed by atoms with van der Waals surface area (Å²) in [7, 11) is 1.73. The molecule has 0 radical (unpaired) electrons. The maximum atomic E-state index is 12.1. The summed E-state index contributed by atoms with van der Waals surface area (Å²) in [6, 6.07) is 0.153. The Morgan fingerprint density at radius 2 is 2.31 bits per heavy atom. The van der Waals surface area contributed by atoms with Crippen molar-refractivity contribution in [1.29, 1.82) is 0 Å². The third-order valence-electron chi connectivity index (χ3n) is 3.59. The lowest BCUT2D eigenvalue weighted by molar-refractivity contribution is -0.140. The summed E-state index contributed by atoms with van der Waals surface area (Å²) in [5, 5.41) is 0. The van der Waals surface area contributed by atoms with E-state index in [9.17, 15) is 4.79 Å². The quantitative estimate of drug-likeness (QED) is 0.781. The van der Waals surface area contributed by atoms with Crippen molar-refractivity contribution in [2.75, 3.05) is 20.2 Å². The summed E-state index contributed by atoms with van der Waals surface area (Å²) in [5.41, 5.74) is 5.74. The van der Waals surface area contributed by atoms with Crippen molar-refractivity contribution >= 4 is 5.91 Å². The second-order valence-corrected chi connectivity index (χ2v) is 4.61. The van der Waals surface area contributed by atoms with Gasteiger partial charge in [-0.3, -0.25) is 4.79 Å². The molecular weight excluding hydrogens is 204 g/mol. The number of carbonyl (C=O) groups is 1. The highest BCUT2D eigenvalue weighted by Gasteiger charge is 2.32. The molecule has 4 heteroatoms. The predicted molar refractivity (Wildman–Crippen MR) is 64.0 cm³/mol. The Morgan fingerprint density at radius 3 is 2.81 bits per heavy atom. The van der Waals surface area contributed by atoms with Crippen molar-refractivity contribution in [3.05, 3.63) is 0 Å². The molecule has 3 unspecified atom stereocenters. The molecular formula is C12H24N2O2. The van der Waals surface area contributed by atoms with Crippen molar-refractivity contribution in [3.63, 3.8) is 0 Å². The molecule has 0 aromatic heterocycles. The molecule has 0 aromatic rings. The first-order chi connectivity index (χ1) is 7.63. The van der Waals surface area contributed by atoms with Gasteiger partial charge in [0.1, 0.15) is 0 Å². The minimum absolute atomic E-state index is 0.105. The van der Waals surface area contributed by atoms with E-state index in [0.717, 1.165) is 25.8 Å². The molecule has 16 heavy (non-hydrogen) atoms. The van der Waals surface area contributed by atoms with Gasteiger partial charge >= 0.3 is 0 Å². The number of carbonyl (C=O) groups excluding carboxylic acids is 1. The number of piperidine rings is 1. The van der Waals surface area contributed by atoms with Crippen LogP contribution >= 0.6 is 0 Å². The van der Waals surface area contributed by atoms with E-state index in [4.69, 9.17) is 10.5 Å². The molecule has 0 aromatic carbocycles. The number of likely N-dealkylation sites (tertiary alicyclic amines) is 1. The third kappa shape index (κ3) is 2.95. The van der Waals surface area contributed by atoms with E-state index in [0.29, 0.717) is 6.54 Å². The monoisotopic (exact) mass is 228 g/mol. The maximum Gasteiger partial charge on any atom is 0.225 e. The fourth-order valence-electron chi connectivity index (χ4n) is 2.20. The molecule has 1 fully saturated rings. The highest BCUT2D eigenvalue weighted by molar-refractivity contribution is 5.78. The number of ether oxygens (including phenoxy) is 1. The first-order valence-electron chi connectivity index (χ1n) is 6.17. The minimum atomic E-state index is 0.105. The SMILES string of the molecule is CCC(C)C(=O)N1CCC(OC)CC1CN. The van der Waals surface area contributed by atoms with E-state index >= 15 is 0 Å². The van der Waals surface area contributed by atoms with Crippen LogP contribution in [0.1, 0.15) is 33.1 Å². The lowest BCUT2D eigenvalue weighted by Crippen LogP contribution is -2.52. The maximum absolute atomic E-state index is 12.1. The van der Waals surface area contributed by atoms with Gasteiger partial charge in [-0.1, -0.05) is 13.8 Å². The standard InChI is InChI=1S/C12H24N2O2/c1-4-9(2)12(15)14-6-5-11(16-3)7-10(14)8-13/h9-11H,4-8,13H2,1-3H3. The van der Waals surface area contributed by atoms with Gasteiger partial charge in [-0.05, 0) is 19.3 Å². The summed E-state index contributed by atoms with van der Waals surface area (Å²) < 4.78 is 5.34. The molecule has 0 saturated carbocycles. The molecule has 1 aliphatic heterocycles. The first kappa shape index (κ1) is 13.5. The van der Waals surface area contributed by atoms with E-state index in [2.05, 4.69) is 0 Å². The van der Waals surface area contributed by atoms with E-state index < -0.39 is 0 Å². The van der Waals surface area contributed by atoms with Gasteiger partial charge in [-0.25, -0.2) is 0 Å². The van der Waals surface area contributed by atoms with Gasteiger partial charge in [0.05, 0.1) is 6.10 Å². The molecule has 0 spiro atoms. The van der Waals surface area contributed by atoms with Crippen LogP contribution in [0.25, 0.3) is 0 Å². The molecule has 94 valence electrons. The normalized spacial score (nSPS) is 27.9. The number of nitrogens with two attached hydrogens (primary N) is 1. The number of nitrogens with zero attached hydrogens (tertiary/aromatic N) is 1. The van der Waals surface area contributed by atoms with Crippen LogP contribution in [-0.4, -0.2) is 43.2 Å². The minimum Gasteiger partial charge on any atom is -0.381 e. The molecule has 1 heterocycles. The molecule has 1 rings (SSSR count). The fraction of sp³-hybridized carbons (Fsp3) is 0.917. The van der Waals surface area contributed by atoms with E-state index in [-0.39, 0.29) is 24.0 Å². The highest BCUT2D eigenvalue weighted by atomic mass is 16.5. The van der Waals surface area contributed by atoms with Crippen LogP contribution in [0.5, 0.6) is 0 Å².